The van der Waals surface area contributed by atoms with Crippen LogP contribution in [0.15, 0.2) is 27.7 Å². The summed E-state index contributed by atoms with van der Waals surface area (Å²) in [5.41, 5.74) is 7.31. The van der Waals surface area contributed by atoms with Gasteiger partial charge in [0.1, 0.15) is 0 Å². The fourth-order valence-electron chi connectivity index (χ4n) is 1.09. The zero-order valence-electron chi connectivity index (χ0n) is 8.72. The molecule has 5 heteroatoms. The largest absolute Gasteiger partial charge is 0.462 e. The minimum atomic E-state index is -0.425. The molecule has 0 aliphatic heterocycles. The number of nitrogen functional groups attached to an aromatic ring is 1. The van der Waals surface area contributed by atoms with Crippen molar-refractivity contribution in [1.82, 2.24) is 0 Å². The van der Waals surface area contributed by atoms with E-state index in [4.69, 9.17) is 10.5 Å². The van der Waals surface area contributed by atoms with Crippen LogP contribution in [0, 0.1) is 0 Å². The molecule has 0 bridgehead atoms. The molecule has 0 amide bonds. The molecule has 3 nitrogen and oxygen atoms in total. The second kappa shape index (κ2) is 5.50. The molecule has 0 aromatic heterocycles. The number of rotatable bonds is 3. The number of ether oxygens (including phenoxy) is 1. The van der Waals surface area contributed by atoms with E-state index in [1.54, 1.807) is 19.1 Å². The Hall–Kier alpha value is -0.810. The fourth-order valence-corrected chi connectivity index (χ4v) is 2.28. The van der Waals surface area contributed by atoms with Crippen LogP contribution in [-0.4, -0.2) is 12.6 Å². The van der Waals surface area contributed by atoms with E-state index < -0.39 is 5.97 Å². The first kappa shape index (κ1) is 13.3. The molecular weight excluding hydrogens is 338 g/mol. The number of carbonyl (C=O) groups excluding carboxylic acids is 1. The fraction of sp³-hybridized carbons (Fsp3) is 0.182. The first-order valence-corrected chi connectivity index (χ1v) is 6.16. The van der Waals surface area contributed by atoms with E-state index >= 15 is 0 Å². The van der Waals surface area contributed by atoms with Crippen molar-refractivity contribution in [2.45, 2.75) is 6.92 Å². The summed E-state index contributed by atoms with van der Waals surface area (Å²) >= 11 is 6.61. The summed E-state index contributed by atoms with van der Waals surface area (Å²) in [6.45, 7) is 5.78. The summed E-state index contributed by atoms with van der Waals surface area (Å²) in [6, 6.07) is 3.47. The molecule has 0 heterocycles. The highest BCUT2D eigenvalue weighted by Gasteiger charge is 2.13. The molecule has 0 aliphatic carbocycles. The zero-order valence-corrected chi connectivity index (χ0v) is 11.9. The Labute approximate surface area is 111 Å². The van der Waals surface area contributed by atoms with Gasteiger partial charge in [-0.2, -0.15) is 0 Å². The lowest BCUT2D eigenvalue weighted by Gasteiger charge is -2.08. The molecular formula is C11H11Br2NO2. The molecule has 2 N–H and O–H groups in total. The van der Waals surface area contributed by atoms with Crippen LogP contribution in [0.1, 0.15) is 12.5 Å². The van der Waals surface area contributed by atoms with Gasteiger partial charge in [0.25, 0.3) is 0 Å². The van der Waals surface area contributed by atoms with Crippen LogP contribution >= 0.6 is 31.9 Å². The van der Waals surface area contributed by atoms with Gasteiger partial charge in [-0.3, -0.25) is 0 Å². The van der Waals surface area contributed by atoms with Crippen molar-refractivity contribution >= 4 is 49.1 Å². The van der Waals surface area contributed by atoms with Gasteiger partial charge in [-0.05, 0) is 56.5 Å². The maximum Gasteiger partial charge on any atom is 0.338 e. The quantitative estimate of drug-likeness (QED) is 0.517. The summed E-state index contributed by atoms with van der Waals surface area (Å²) in [5.74, 6) is -0.425. The normalized spacial score (nSPS) is 9.94. The number of nitrogens with two attached hydrogens (primary N) is 1. The average Bonchev–Trinajstić information content (AvgIpc) is 2.24. The zero-order chi connectivity index (χ0) is 12.3. The van der Waals surface area contributed by atoms with Gasteiger partial charge < -0.3 is 10.5 Å². The van der Waals surface area contributed by atoms with Gasteiger partial charge in [-0.15, -0.1) is 0 Å². The Morgan fingerprint density at radius 1 is 1.44 bits per heavy atom. The Bertz CT molecular complexity index is 421. The molecule has 0 unspecified atom stereocenters. The van der Waals surface area contributed by atoms with Crippen LogP contribution in [0.3, 0.4) is 0 Å². The molecule has 1 aromatic carbocycles. The van der Waals surface area contributed by atoms with Gasteiger partial charge in [-0.25, -0.2) is 4.79 Å². The predicted molar refractivity (Wildman–Crippen MR) is 71.9 cm³/mol. The minimum absolute atomic E-state index is 0.309. The van der Waals surface area contributed by atoms with E-state index in [2.05, 4.69) is 38.4 Å². The van der Waals surface area contributed by atoms with Crippen molar-refractivity contribution in [2.75, 3.05) is 12.3 Å². The van der Waals surface area contributed by atoms with Crippen molar-refractivity contribution in [3.63, 3.8) is 0 Å². The van der Waals surface area contributed by atoms with E-state index in [0.717, 1.165) is 0 Å². The average molecular weight is 349 g/mol. The number of anilines is 1. The molecule has 1 aromatic rings. The molecule has 0 fully saturated rings. The number of halogens is 2. The summed E-state index contributed by atoms with van der Waals surface area (Å²) < 4.78 is 6.29. The summed E-state index contributed by atoms with van der Waals surface area (Å²) in [7, 11) is 0. The molecule has 0 saturated heterocycles. The van der Waals surface area contributed by atoms with Gasteiger partial charge in [0.2, 0.25) is 0 Å². The van der Waals surface area contributed by atoms with Crippen LogP contribution in [0.4, 0.5) is 5.69 Å². The molecule has 16 heavy (non-hydrogen) atoms. The number of hydrogen-bond acceptors (Lipinski definition) is 3. The molecule has 0 aliphatic rings. The first-order chi connectivity index (χ1) is 7.47. The van der Waals surface area contributed by atoms with Crippen molar-refractivity contribution in [1.29, 1.82) is 0 Å². The maximum absolute atomic E-state index is 11.5. The third-order valence-electron chi connectivity index (χ3n) is 1.95. The van der Waals surface area contributed by atoms with Gasteiger partial charge in [0, 0.05) is 8.95 Å². The van der Waals surface area contributed by atoms with E-state index in [1.165, 1.54) is 0 Å². The Morgan fingerprint density at radius 2 is 1.94 bits per heavy atom. The highest BCUT2D eigenvalue weighted by atomic mass is 79.9. The van der Waals surface area contributed by atoms with E-state index in [9.17, 15) is 4.79 Å². The SMILES string of the molecule is C=C(C(=O)OCC)c1cc(Br)c(N)c(Br)c1. The molecule has 86 valence electrons. The summed E-state index contributed by atoms with van der Waals surface area (Å²) in [6.07, 6.45) is 0. The van der Waals surface area contributed by atoms with Crippen LogP contribution < -0.4 is 5.73 Å². The molecule has 0 radical (unpaired) electrons. The topological polar surface area (TPSA) is 52.3 Å². The monoisotopic (exact) mass is 347 g/mol. The van der Waals surface area contributed by atoms with E-state index in [0.29, 0.717) is 32.4 Å². The Balaban J connectivity index is 3.06. The second-order valence-electron chi connectivity index (χ2n) is 3.05. The van der Waals surface area contributed by atoms with Gasteiger partial charge >= 0.3 is 5.97 Å². The Kier molecular flexibility index (Phi) is 4.56. The summed E-state index contributed by atoms with van der Waals surface area (Å²) in [4.78, 5) is 11.5. The van der Waals surface area contributed by atoms with Crippen molar-refractivity contribution < 1.29 is 9.53 Å². The highest BCUT2D eigenvalue weighted by Crippen LogP contribution is 2.32. The van der Waals surface area contributed by atoms with E-state index in [1.807, 2.05) is 0 Å². The lowest BCUT2D eigenvalue weighted by atomic mass is 10.1. The van der Waals surface area contributed by atoms with Crippen LogP contribution in [0.2, 0.25) is 0 Å². The summed E-state index contributed by atoms with van der Waals surface area (Å²) in [5, 5.41) is 0. The Morgan fingerprint density at radius 3 is 2.38 bits per heavy atom. The van der Waals surface area contributed by atoms with Crippen LogP contribution in [-0.2, 0) is 9.53 Å². The van der Waals surface area contributed by atoms with Crippen molar-refractivity contribution in [3.05, 3.63) is 33.2 Å². The highest BCUT2D eigenvalue weighted by molar-refractivity contribution is 9.11. The lowest BCUT2D eigenvalue weighted by Crippen LogP contribution is -2.06. The first-order valence-electron chi connectivity index (χ1n) is 4.58. The lowest BCUT2D eigenvalue weighted by molar-refractivity contribution is -0.136. The van der Waals surface area contributed by atoms with Gasteiger partial charge in [0.05, 0.1) is 17.9 Å². The van der Waals surface area contributed by atoms with Gasteiger partial charge in [0.15, 0.2) is 0 Å². The van der Waals surface area contributed by atoms with Crippen LogP contribution in [0.25, 0.3) is 5.57 Å². The molecule has 0 saturated carbocycles. The third kappa shape index (κ3) is 2.86. The van der Waals surface area contributed by atoms with Gasteiger partial charge in [-0.1, -0.05) is 6.58 Å². The molecule has 0 atom stereocenters. The standard InChI is InChI=1S/C11H11Br2NO2/c1-3-16-11(15)6(2)7-4-8(12)10(14)9(13)5-7/h4-5H,2-3,14H2,1H3. The number of hydrogen-bond donors (Lipinski definition) is 1. The minimum Gasteiger partial charge on any atom is -0.462 e. The molecule has 1 rings (SSSR count). The number of benzene rings is 1. The van der Waals surface area contributed by atoms with E-state index in [-0.39, 0.29) is 0 Å². The maximum atomic E-state index is 11.5. The predicted octanol–water partition coefficient (Wildman–Crippen LogP) is 3.37. The smallest absolute Gasteiger partial charge is 0.338 e. The van der Waals surface area contributed by atoms with Crippen LogP contribution in [0.5, 0.6) is 0 Å². The molecule has 0 spiro atoms. The third-order valence-corrected chi connectivity index (χ3v) is 3.26. The second-order valence-corrected chi connectivity index (χ2v) is 4.76. The van der Waals surface area contributed by atoms with Crippen molar-refractivity contribution in [3.8, 4) is 0 Å². The van der Waals surface area contributed by atoms with Crippen molar-refractivity contribution in [2.24, 2.45) is 0 Å². The number of esters is 1. The number of carbonyl (C=O) groups is 1.